The van der Waals surface area contributed by atoms with Crippen LogP contribution in [0.3, 0.4) is 0 Å². The van der Waals surface area contributed by atoms with E-state index in [1.54, 1.807) is 0 Å². The minimum absolute atomic E-state index is 0.325. The van der Waals surface area contributed by atoms with Crippen molar-refractivity contribution in [1.29, 1.82) is 0 Å². The van der Waals surface area contributed by atoms with E-state index in [2.05, 4.69) is 25.6 Å². The van der Waals surface area contributed by atoms with Gasteiger partial charge in [0.05, 0.1) is 17.3 Å². The van der Waals surface area contributed by atoms with Crippen molar-refractivity contribution in [2.24, 2.45) is 0 Å². The Bertz CT molecular complexity index is 715. The molecule has 0 spiro atoms. The third-order valence-corrected chi connectivity index (χ3v) is 4.22. The van der Waals surface area contributed by atoms with Crippen molar-refractivity contribution in [1.82, 2.24) is 14.3 Å². The van der Waals surface area contributed by atoms with Crippen molar-refractivity contribution < 1.29 is 8.42 Å². The smallest absolute Gasteiger partial charge is 0.208 e. The van der Waals surface area contributed by atoms with Crippen molar-refractivity contribution in [2.45, 2.75) is 13.0 Å². The molecule has 110 valence electrons. The van der Waals surface area contributed by atoms with Gasteiger partial charge in [0.1, 0.15) is 5.82 Å². The molecule has 0 saturated heterocycles. The zero-order valence-electron chi connectivity index (χ0n) is 10.9. The van der Waals surface area contributed by atoms with Gasteiger partial charge in [-0.15, -0.1) is 11.6 Å². The van der Waals surface area contributed by atoms with Crippen LogP contribution in [0.25, 0.3) is 11.0 Å². The van der Waals surface area contributed by atoms with Crippen LogP contribution in [0.15, 0.2) is 22.7 Å². The zero-order chi connectivity index (χ0) is 14.8. The highest BCUT2D eigenvalue weighted by Crippen LogP contribution is 2.21. The van der Waals surface area contributed by atoms with E-state index in [0.29, 0.717) is 25.4 Å². The van der Waals surface area contributed by atoms with E-state index in [9.17, 15) is 8.42 Å². The summed E-state index contributed by atoms with van der Waals surface area (Å²) in [7, 11) is -3.18. The Morgan fingerprint density at radius 1 is 1.45 bits per heavy atom. The monoisotopic (exact) mass is 379 g/mol. The predicted octanol–water partition coefficient (Wildman–Crippen LogP) is 2.13. The van der Waals surface area contributed by atoms with Gasteiger partial charge in [-0.2, -0.15) is 0 Å². The molecule has 5 nitrogen and oxygen atoms in total. The molecule has 2 aromatic rings. The molecule has 0 atom stereocenters. The van der Waals surface area contributed by atoms with Crippen LogP contribution in [-0.4, -0.2) is 36.6 Å². The molecule has 0 aliphatic rings. The fourth-order valence-electron chi connectivity index (χ4n) is 2.01. The molecule has 2 rings (SSSR count). The molecule has 0 bridgehead atoms. The Hall–Kier alpha value is -0.630. The molecular formula is C12H15BrClN3O2S. The van der Waals surface area contributed by atoms with Crippen molar-refractivity contribution in [3.8, 4) is 0 Å². The summed E-state index contributed by atoms with van der Waals surface area (Å²) in [4.78, 5) is 4.54. The number of nitrogens with one attached hydrogen (secondary N) is 1. The average molecular weight is 381 g/mol. The van der Waals surface area contributed by atoms with E-state index in [4.69, 9.17) is 11.6 Å². The number of aromatic nitrogens is 2. The number of aryl methyl sites for hydroxylation is 1. The van der Waals surface area contributed by atoms with Gasteiger partial charge < -0.3 is 4.57 Å². The first kappa shape index (κ1) is 15.8. The lowest BCUT2D eigenvalue weighted by Gasteiger charge is -2.09. The van der Waals surface area contributed by atoms with Crippen molar-refractivity contribution >= 4 is 48.6 Å². The third-order valence-electron chi connectivity index (χ3n) is 2.81. The summed E-state index contributed by atoms with van der Waals surface area (Å²) in [5, 5.41) is 0. The van der Waals surface area contributed by atoms with Crippen LogP contribution < -0.4 is 4.72 Å². The van der Waals surface area contributed by atoms with Gasteiger partial charge in [-0.3, -0.25) is 0 Å². The Balaban J connectivity index is 2.32. The zero-order valence-corrected chi connectivity index (χ0v) is 14.1. The summed E-state index contributed by atoms with van der Waals surface area (Å²) in [6.45, 7) is 0.846. The Labute approximate surface area is 131 Å². The predicted molar refractivity (Wildman–Crippen MR) is 84.7 cm³/mol. The van der Waals surface area contributed by atoms with Crippen molar-refractivity contribution in [3.63, 3.8) is 0 Å². The summed E-state index contributed by atoms with van der Waals surface area (Å²) in [5.74, 6) is 1.34. The summed E-state index contributed by atoms with van der Waals surface area (Å²) in [6, 6.07) is 5.83. The molecule has 8 heteroatoms. The first-order chi connectivity index (χ1) is 9.40. The molecular weight excluding hydrogens is 366 g/mol. The highest BCUT2D eigenvalue weighted by molar-refractivity contribution is 9.10. The molecule has 0 aliphatic heterocycles. The number of halogens is 2. The Kier molecular flexibility index (Phi) is 5.06. The second kappa shape index (κ2) is 6.43. The van der Waals surface area contributed by atoms with Crippen LogP contribution in [0, 0.1) is 0 Å². The SMILES string of the molecule is CS(=O)(=O)NCCn1c(CCCl)nc2ccc(Br)cc21. The second-order valence-corrected chi connectivity index (χ2v) is 7.54. The Morgan fingerprint density at radius 3 is 2.85 bits per heavy atom. The van der Waals surface area contributed by atoms with Crippen LogP contribution in [-0.2, 0) is 23.0 Å². The topological polar surface area (TPSA) is 64.0 Å². The van der Waals surface area contributed by atoms with Crippen molar-refractivity contribution in [2.75, 3.05) is 18.7 Å². The molecule has 1 heterocycles. The highest BCUT2D eigenvalue weighted by Gasteiger charge is 2.11. The molecule has 1 aromatic carbocycles. The maximum Gasteiger partial charge on any atom is 0.208 e. The first-order valence-corrected chi connectivity index (χ1v) is 9.28. The summed E-state index contributed by atoms with van der Waals surface area (Å²) in [5.41, 5.74) is 1.85. The average Bonchev–Trinajstić information content (AvgIpc) is 2.66. The summed E-state index contributed by atoms with van der Waals surface area (Å²) in [6.07, 6.45) is 1.79. The lowest BCUT2D eigenvalue weighted by molar-refractivity contribution is 0.577. The largest absolute Gasteiger partial charge is 0.327 e. The van der Waals surface area contributed by atoms with E-state index < -0.39 is 10.0 Å². The quantitative estimate of drug-likeness (QED) is 0.781. The number of fused-ring (bicyclic) bond motifs is 1. The number of hydrogen-bond acceptors (Lipinski definition) is 3. The third kappa shape index (κ3) is 3.94. The number of imidazole rings is 1. The minimum Gasteiger partial charge on any atom is -0.327 e. The lowest BCUT2D eigenvalue weighted by atomic mass is 10.3. The van der Waals surface area contributed by atoms with Crippen LogP contribution in [0.2, 0.25) is 0 Å². The van der Waals surface area contributed by atoms with Crippen LogP contribution in [0.1, 0.15) is 5.82 Å². The molecule has 0 aliphatic carbocycles. The van der Waals surface area contributed by atoms with Crippen LogP contribution >= 0.6 is 27.5 Å². The molecule has 0 unspecified atom stereocenters. The Morgan fingerprint density at radius 2 is 2.20 bits per heavy atom. The van der Waals surface area contributed by atoms with E-state index in [1.165, 1.54) is 0 Å². The summed E-state index contributed by atoms with van der Waals surface area (Å²) < 4.78 is 27.7. The van der Waals surface area contributed by atoms with Gasteiger partial charge >= 0.3 is 0 Å². The maximum absolute atomic E-state index is 11.1. The number of alkyl halides is 1. The second-order valence-electron chi connectivity index (χ2n) is 4.42. The molecule has 20 heavy (non-hydrogen) atoms. The molecule has 0 radical (unpaired) electrons. The van der Waals surface area contributed by atoms with E-state index >= 15 is 0 Å². The van der Waals surface area contributed by atoms with E-state index in [-0.39, 0.29) is 0 Å². The number of sulfonamides is 1. The molecule has 1 N–H and O–H groups in total. The molecule has 0 saturated carbocycles. The van der Waals surface area contributed by atoms with Crippen LogP contribution in [0.5, 0.6) is 0 Å². The molecule has 0 fully saturated rings. The van der Waals surface area contributed by atoms with E-state index in [0.717, 1.165) is 27.6 Å². The standard InChI is InChI=1S/C12H15BrClN3O2S/c1-20(18,19)15-6-7-17-11-8-9(13)2-3-10(11)16-12(17)4-5-14/h2-3,8,15H,4-7H2,1H3. The van der Waals surface area contributed by atoms with Gasteiger partial charge in [-0.05, 0) is 18.2 Å². The minimum atomic E-state index is -3.18. The number of nitrogens with zero attached hydrogens (tertiary/aromatic N) is 2. The molecule has 0 amide bonds. The maximum atomic E-state index is 11.1. The number of benzene rings is 1. The van der Waals surface area contributed by atoms with Gasteiger partial charge in [0.15, 0.2) is 0 Å². The van der Waals surface area contributed by atoms with E-state index in [1.807, 2.05) is 22.8 Å². The normalized spacial score (nSPS) is 12.2. The van der Waals surface area contributed by atoms with Gasteiger partial charge in [-0.1, -0.05) is 15.9 Å². The first-order valence-electron chi connectivity index (χ1n) is 6.06. The fourth-order valence-corrected chi connectivity index (χ4v) is 2.99. The molecule has 1 aromatic heterocycles. The van der Waals surface area contributed by atoms with Gasteiger partial charge in [0, 0.05) is 29.9 Å². The fraction of sp³-hybridized carbons (Fsp3) is 0.417. The van der Waals surface area contributed by atoms with Crippen molar-refractivity contribution in [3.05, 3.63) is 28.5 Å². The number of rotatable bonds is 6. The highest BCUT2D eigenvalue weighted by atomic mass is 79.9. The lowest BCUT2D eigenvalue weighted by Crippen LogP contribution is -2.26. The number of hydrogen-bond donors (Lipinski definition) is 1. The van der Waals surface area contributed by atoms with Crippen LogP contribution in [0.4, 0.5) is 0 Å². The summed E-state index contributed by atoms with van der Waals surface area (Å²) >= 11 is 9.24. The van der Waals surface area contributed by atoms with Gasteiger partial charge in [0.2, 0.25) is 10.0 Å². The van der Waals surface area contributed by atoms with Gasteiger partial charge in [-0.25, -0.2) is 18.1 Å². The van der Waals surface area contributed by atoms with Gasteiger partial charge in [0.25, 0.3) is 0 Å².